The van der Waals surface area contributed by atoms with Gasteiger partial charge in [-0.1, -0.05) is 0 Å². The zero-order valence-corrected chi connectivity index (χ0v) is 10.3. The third-order valence-corrected chi connectivity index (χ3v) is 3.22. The van der Waals surface area contributed by atoms with E-state index >= 15 is 0 Å². The summed E-state index contributed by atoms with van der Waals surface area (Å²) in [6.07, 6.45) is 4.17. The lowest BCUT2D eigenvalue weighted by Crippen LogP contribution is -2.24. The molecule has 0 radical (unpaired) electrons. The average Bonchev–Trinajstić information content (AvgIpc) is 2.81. The molecule has 0 unspecified atom stereocenters. The van der Waals surface area contributed by atoms with Crippen LogP contribution in [-0.4, -0.2) is 30.8 Å². The molecular weight excluding hydrogens is 270 g/mol. The molecule has 2 aromatic rings. The van der Waals surface area contributed by atoms with Crippen molar-refractivity contribution in [1.29, 1.82) is 0 Å². The van der Waals surface area contributed by atoms with E-state index < -0.39 is 11.9 Å². The maximum Gasteiger partial charge on any atom is 0.356 e. The summed E-state index contributed by atoms with van der Waals surface area (Å²) in [6.45, 7) is 0. The van der Waals surface area contributed by atoms with Crippen molar-refractivity contribution in [2.75, 3.05) is 0 Å². The number of carbonyl (C=O) groups is 1. The van der Waals surface area contributed by atoms with Gasteiger partial charge in [0.25, 0.3) is 5.92 Å². The summed E-state index contributed by atoms with van der Waals surface area (Å²) in [4.78, 5) is 18.9. The average molecular weight is 280 g/mol. The third-order valence-electron chi connectivity index (χ3n) is 3.22. The van der Waals surface area contributed by atoms with E-state index in [0.29, 0.717) is 0 Å². The van der Waals surface area contributed by atoms with Crippen LogP contribution in [0.3, 0.4) is 0 Å². The van der Waals surface area contributed by atoms with Crippen molar-refractivity contribution >= 4 is 5.97 Å². The van der Waals surface area contributed by atoms with Crippen LogP contribution in [0.4, 0.5) is 8.78 Å². The molecule has 0 amide bonds. The molecule has 1 aliphatic carbocycles. The molecule has 0 bridgehead atoms. The van der Waals surface area contributed by atoms with E-state index in [-0.39, 0.29) is 42.0 Å². The Bertz CT molecular complexity index is 670. The Hall–Kier alpha value is -2.38. The minimum Gasteiger partial charge on any atom is -0.476 e. The lowest BCUT2D eigenvalue weighted by atomic mass is 9.92. The van der Waals surface area contributed by atoms with Crippen molar-refractivity contribution < 1.29 is 18.7 Å². The second kappa shape index (κ2) is 4.32. The fraction of sp³-hybridized carbons (Fsp3) is 0.333. The van der Waals surface area contributed by atoms with Gasteiger partial charge in [0.05, 0.1) is 6.20 Å². The van der Waals surface area contributed by atoms with Gasteiger partial charge in [0.1, 0.15) is 5.69 Å². The number of hydrogen-bond donors (Lipinski definition) is 1. The number of fused-ring (bicyclic) bond motifs is 1. The molecule has 1 N–H and O–H groups in total. The van der Waals surface area contributed by atoms with Crippen LogP contribution in [0.2, 0.25) is 0 Å². The Labute approximate surface area is 112 Å². The minimum absolute atomic E-state index is 0.0813. The number of alkyl halides is 2. The van der Waals surface area contributed by atoms with E-state index in [4.69, 9.17) is 5.11 Å². The molecule has 0 spiro atoms. The van der Waals surface area contributed by atoms with Gasteiger partial charge in [-0.2, -0.15) is 13.9 Å². The van der Waals surface area contributed by atoms with Gasteiger partial charge in [0, 0.05) is 24.4 Å². The smallest absolute Gasteiger partial charge is 0.356 e. The molecule has 0 atom stereocenters. The molecule has 0 fully saturated rings. The van der Waals surface area contributed by atoms with Crippen molar-refractivity contribution in [1.82, 2.24) is 19.7 Å². The Kier molecular flexibility index (Phi) is 2.73. The number of aromatic carboxylic acids is 1. The topological polar surface area (TPSA) is 80.9 Å². The molecule has 6 nitrogen and oxygen atoms in total. The van der Waals surface area contributed by atoms with Crippen LogP contribution >= 0.6 is 0 Å². The number of carboxylic acid groups (broad SMARTS) is 1. The fourth-order valence-electron chi connectivity index (χ4n) is 2.41. The van der Waals surface area contributed by atoms with Gasteiger partial charge in [-0.25, -0.2) is 14.5 Å². The maximum absolute atomic E-state index is 14.1. The molecule has 1 aliphatic rings. The number of nitrogens with zero attached hydrogens (tertiary/aromatic N) is 4. The van der Waals surface area contributed by atoms with Crippen molar-refractivity contribution in [3.63, 3.8) is 0 Å². The second-order valence-electron chi connectivity index (χ2n) is 4.51. The van der Waals surface area contributed by atoms with E-state index in [0.717, 1.165) is 4.68 Å². The molecule has 2 aromatic heterocycles. The fourth-order valence-corrected chi connectivity index (χ4v) is 2.41. The summed E-state index contributed by atoms with van der Waals surface area (Å²) < 4.78 is 29.1. The summed E-state index contributed by atoms with van der Waals surface area (Å²) in [7, 11) is 0. The van der Waals surface area contributed by atoms with Crippen LogP contribution in [0, 0.1) is 0 Å². The lowest BCUT2D eigenvalue weighted by molar-refractivity contribution is -0.0283. The summed E-state index contributed by atoms with van der Waals surface area (Å²) >= 11 is 0. The van der Waals surface area contributed by atoms with Gasteiger partial charge >= 0.3 is 5.97 Å². The largest absolute Gasteiger partial charge is 0.476 e. The first-order chi connectivity index (χ1) is 9.50. The quantitative estimate of drug-likeness (QED) is 0.907. The molecule has 8 heteroatoms. The molecular formula is C12H10F2N4O2. The van der Waals surface area contributed by atoms with Gasteiger partial charge in [-0.15, -0.1) is 0 Å². The van der Waals surface area contributed by atoms with Crippen LogP contribution in [0.25, 0.3) is 5.82 Å². The minimum atomic E-state index is -3.12. The molecule has 0 saturated carbocycles. The number of carboxylic acids is 1. The van der Waals surface area contributed by atoms with Crippen molar-refractivity contribution in [3.05, 3.63) is 35.5 Å². The highest BCUT2D eigenvalue weighted by atomic mass is 19.3. The van der Waals surface area contributed by atoms with Crippen LogP contribution in [-0.2, 0) is 12.3 Å². The molecule has 0 aliphatic heterocycles. The SMILES string of the molecule is O=C(O)c1nn(-c2cnccn2)c2c1CCCC2(F)F. The molecule has 104 valence electrons. The summed E-state index contributed by atoms with van der Waals surface area (Å²) in [5.41, 5.74) is -0.647. The monoisotopic (exact) mass is 280 g/mol. The Morgan fingerprint density at radius 3 is 2.85 bits per heavy atom. The van der Waals surface area contributed by atoms with Crippen LogP contribution < -0.4 is 0 Å². The van der Waals surface area contributed by atoms with Crippen LogP contribution in [0.15, 0.2) is 18.6 Å². The van der Waals surface area contributed by atoms with Gasteiger partial charge < -0.3 is 5.11 Å². The highest BCUT2D eigenvalue weighted by Crippen LogP contribution is 2.41. The first kappa shape index (κ1) is 12.6. The number of aromatic nitrogens is 4. The third kappa shape index (κ3) is 1.84. The summed E-state index contributed by atoms with van der Waals surface area (Å²) in [5.74, 6) is -4.36. The van der Waals surface area contributed by atoms with Crippen LogP contribution in [0.5, 0.6) is 0 Å². The van der Waals surface area contributed by atoms with Gasteiger partial charge in [-0.3, -0.25) is 4.98 Å². The first-order valence-electron chi connectivity index (χ1n) is 6.00. The number of hydrogen-bond acceptors (Lipinski definition) is 4. The summed E-state index contributed by atoms with van der Waals surface area (Å²) in [5, 5.41) is 12.9. The highest BCUT2D eigenvalue weighted by molar-refractivity contribution is 5.87. The maximum atomic E-state index is 14.1. The van der Waals surface area contributed by atoms with E-state index in [2.05, 4.69) is 15.1 Å². The second-order valence-corrected chi connectivity index (χ2v) is 4.51. The van der Waals surface area contributed by atoms with E-state index in [1.165, 1.54) is 18.6 Å². The zero-order chi connectivity index (χ0) is 14.3. The Morgan fingerprint density at radius 2 is 2.20 bits per heavy atom. The molecule has 20 heavy (non-hydrogen) atoms. The van der Waals surface area contributed by atoms with Crippen molar-refractivity contribution in [3.8, 4) is 5.82 Å². The molecule has 3 rings (SSSR count). The van der Waals surface area contributed by atoms with Crippen LogP contribution in [0.1, 0.15) is 34.6 Å². The lowest BCUT2D eigenvalue weighted by Gasteiger charge is -2.23. The van der Waals surface area contributed by atoms with Crippen molar-refractivity contribution in [2.45, 2.75) is 25.2 Å². The normalized spacial score (nSPS) is 16.7. The standard InChI is InChI=1S/C12H10F2N4O2/c13-12(14)3-1-2-7-9(11(19)20)17-18(10(7)12)8-6-15-4-5-16-8/h4-6H,1-3H2,(H,19,20). The predicted octanol–water partition coefficient (Wildman–Crippen LogP) is 1.79. The van der Waals surface area contributed by atoms with Gasteiger partial charge in [-0.05, 0) is 12.8 Å². The molecule has 2 heterocycles. The van der Waals surface area contributed by atoms with Gasteiger partial charge in [0.2, 0.25) is 0 Å². The van der Waals surface area contributed by atoms with E-state index in [1.54, 1.807) is 0 Å². The summed E-state index contributed by atoms with van der Waals surface area (Å²) in [6, 6.07) is 0. The Morgan fingerprint density at radius 1 is 1.40 bits per heavy atom. The Balaban J connectivity index is 2.28. The zero-order valence-electron chi connectivity index (χ0n) is 10.3. The highest BCUT2D eigenvalue weighted by Gasteiger charge is 2.43. The molecule has 0 aromatic carbocycles. The van der Waals surface area contributed by atoms with E-state index in [1.807, 2.05) is 0 Å². The number of rotatable bonds is 2. The van der Waals surface area contributed by atoms with Crippen molar-refractivity contribution in [2.24, 2.45) is 0 Å². The first-order valence-corrected chi connectivity index (χ1v) is 6.00. The van der Waals surface area contributed by atoms with E-state index in [9.17, 15) is 13.6 Å². The predicted molar refractivity (Wildman–Crippen MR) is 62.9 cm³/mol. The van der Waals surface area contributed by atoms with Gasteiger partial charge in [0.15, 0.2) is 11.5 Å². The number of halogens is 2. The molecule has 0 saturated heterocycles.